The number of likely N-dealkylation sites (N-methyl/N-ethyl adjacent to an activating group) is 1. The zero-order valence-corrected chi connectivity index (χ0v) is 22.3. The number of rotatable bonds is 9. The molecule has 0 bridgehead atoms. The number of benzene rings is 3. The van der Waals surface area contributed by atoms with Crippen LogP contribution in [0.5, 0.6) is 0 Å². The lowest BCUT2D eigenvalue weighted by Crippen LogP contribution is -2.36. The van der Waals surface area contributed by atoms with Gasteiger partial charge in [-0.05, 0) is 80.9 Å². The first-order valence-electron chi connectivity index (χ1n) is 12.3. The highest BCUT2D eigenvalue weighted by Crippen LogP contribution is 2.29. The molecule has 3 aromatic rings. The van der Waals surface area contributed by atoms with Crippen molar-refractivity contribution in [2.45, 2.75) is 42.9 Å². The molecule has 1 saturated heterocycles. The second kappa shape index (κ2) is 12.7. The van der Waals surface area contributed by atoms with Gasteiger partial charge in [0.25, 0.3) is 0 Å². The molecule has 0 unspecified atom stereocenters. The maximum Gasteiger partial charge on any atom is 0.242 e. The van der Waals surface area contributed by atoms with Crippen molar-refractivity contribution < 1.29 is 8.42 Å². The summed E-state index contributed by atoms with van der Waals surface area (Å²) in [6, 6.07) is 28.1. The van der Waals surface area contributed by atoms with Gasteiger partial charge in [-0.1, -0.05) is 78.4 Å². The van der Waals surface area contributed by atoms with E-state index in [0.29, 0.717) is 17.4 Å². The van der Waals surface area contributed by atoms with Gasteiger partial charge >= 0.3 is 0 Å². The SMILES string of the molecule is Cc1ccc([C@@H](CCN2CCC(c3ccccc3)CC2)CN(C)S(=O)(=O)c2ccccc2)cc1.Cl. The molecule has 35 heavy (non-hydrogen) atoms. The minimum Gasteiger partial charge on any atom is -0.303 e. The second-order valence-electron chi connectivity index (χ2n) is 9.52. The van der Waals surface area contributed by atoms with Gasteiger partial charge < -0.3 is 4.90 Å². The molecule has 6 heteroatoms. The number of nitrogens with zero attached hydrogens (tertiary/aromatic N) is 2. The maximum atomic E-state index is 13.1. The Labute approximate surface area is 217 Å². The van der Waals surface area contributed by atoms with Crippen LogP contribution in [0.3, 0.4) is 0 Å². The van der Waals surface area contributed by atoms with E-state index in [4.69, 9.17) is 0 Å². The van der Waals surface area contributed by atoms with E-state index in [9.17, 15) is 8.42 Å². The zero-order chi connectivity index (χ0) is 24.0. The highest BCUT2D eigenvalue weighted by Gasteiger charge is 2.26. The summed E-state index contributed by atoms with van der Waals surface area (Å²) in [6.45, 7) is 5.73. The summed E-state index contributed by atoms with van der Waals surface area (Å²) in [5.74, 6) is 0.795. The number of aryl methyl sites for hydroxylation is 1. The molecular weight excluding hydrogens is 476 g/mol. The van der Waals surface area contributed by atoms with Crippen LogP contribution >= 0.6 is 12.4 Å². The average molecular weight is 513 g/mol. The lowest BCUT2D eigenvalue weighted by Gasteiger charge is -2.33. The number of sulfonamides is 1. The van der Waals surface area contributed by atoms with Crippen LogP contribution in [0.4, 0.5) is 0 Å². The van der Waals surface area contributed by atoms with Crippen LogP contribution in [-0.2, 0) is 10.0 Å². The van der Waals surface area contributed by atoms with E-state index < -0.39 is 10.0 Å². The van der Waals surface area contributed by atoms with Crippen molar-refractivity contribution in [1.29, 1.82) is 0 Å². The predicted molar refractivity (Wildman–Crippen MR) is 147 cm³/mol. The number of likely N-dealkylation sites (tertiary alicyclic amines) is 1. The van der Waals surface area contributed by atoms with Gasteiger partial charge in [0.2, 0.25) is 10.0 Å². The Balaban J connectivity index is 0.00000342. The van der Waals surface area contributed by atoms with Crippen molar-refractivity contribution in [1.82, 2.24) is 9.21 Å². The molecule has 1 aliphatic heterocycles. The molecule has 1 atom stereocenters. The Bertz CT molecular complexity index is 1130. The van der Waals surface area contributed by atoms with Crippen LogP contribution in [0.15, 0.2) is 89.8 Å². The van der Waals surface area contributed by atoms with E-state index in [1.54, 1.807) is 31.3 Å². The third-order valence-electron chi connectivity index (χ3n) is 7.13. The third kappa shape index (κ3) is 7.17. The molecule has 0 aliphatic carbocycles. The first-order chi connectivity index (χ1) is 16.4. The van der Waals surface area contributed by atoms with Crippen molar-refractivity contribution in [3.05, 3.63) is 102 Å². The van der Waals surface area contributed by atoms with E-state index in [2.05, 4.69) is 66.4 Å². The maximum absolute atomic E-state index is 13.1. The average Bonchev–Trinajstić information content (AvgIpc) is 2.88. The minimum absolute atomic E-state index is 0. The van der Waals surface area contributed by atoms with Gasteiger partial charge in [0, 0.05) is 13.6 Å². The van der Waals surface area contributed by atoms with Gasteiger partial charge in [-0.3, -0.25) is 0 Å². The molecule has 1 aliphatic rings. The first-order valence-corrected chi connectivity index (χ1v) is 13.7. The summed E-state index contributed by atoms with van der Waals surface area (Å²) in [5, 5.41) is 0. The molecular formula is C29H37ClN2O2S. The predicted octanol–water partition coefficient (Wildman–Crippen LogP) is 6.09. The van der Waals surface area contributed by atoms with Crippen molar-refractivity contribution in [2.24, 2.45) is 0 Å². The van der Waals surface area contributed by atoms with Crippen molar-refractivity contribution in [3.63, 3.8) is 0 Å². The van der Waals surface area contributed by atoms with Crippen LogP contribution in [0.25, 0.3) is 0 Å². The Hall–Kier alpha value is -2.18. The third-order valence-corrected chi connectivity index (χ3v) is 8.97. The van der Waals surface area contributed by atoms with Crippen LogP contribution < -0.4 is 0 Å². The van der Waals surface area contributed by atoms with Gasteiger partial charge in [-0.2, -0.15) is 0 Å². The van der Waals surface area contributed by atoms with E-state index in [-0.39, 0.29) is 18.3 Å². The molecule has 188 valence electrons. The second-order valence-corrected chi connectivity index (χ2v) is 11.6. The summed E-state index contributed by atoms with van der Waals surface area (Å²) in [7, 11) is -1.81. The number of piperidine rings is 1. The van der Waals surface area contributed by atoms with E-state index in [1.165, 1.54) is 33.8 Å². The first kappa shape index (κ1) is 27.4. The number of halogens is 1. The molecule has 0 saturated carbocycles. The Morgan fingerprint density at radius 2 is 1.46 bits per heavy atom. The fraction of sp³-hybridized carbons (Fsp3) is 0.379. The van der Waals surface area contributed by atoms with Gasteiger partial charge in [0.05, 0.1) is 4.90 Å². The minimum atomic E-state index is -3.51. The Kier molecular flexibility index (Phi) is 9.93. The smallest absolute Gasteiger partial charge is 0.242 e. The molecule has 3 aromatic carbocycles. The van der Waals surface area contributed by atoms with Crippen molar-refractivity contribution in [2.75, 3.05) is 33.2 Å². The molecule has 0 spiro atoms. The molecule has 0 radical (unpaired) electrons. The summed E-state index contributed by atoms with van der Waals surface area (Å²) in [5.41, 5.74) is 3.88. The summed E-state index contributed by atoms with van der Waals surface area (Å²) < 4.78 is 27.8. The quantitative estimate of drug-likeness (QED) is 0.348. The molecule has 1 fully saturated rings. The highest BCUT2D eigenvalue weighted by molar-refractivity contribution is 7.89. The zero-order valence-electron chi connectivity index (χ0n) is 20.7. The summed E-state index contributed by atoms with van der Waals surface area (Å²) in [4.78, 5) is 2.90. The Morgan fingerprint density at radius 1 is 0.886 bits per heavy atom. The summed E-state index contributed by atoms with van der Waals surface area (Å²) in [6.07, 6.45) is 3.30. The lowest BCUT2D eigenvalue weighted by atomic mass is 9.89. The normalized spacial score (nSPS) is 16.1. The van der Waals surface area contributed by atoms with Crippen molar-refractivity contribution >= 4 is 22.4 Å². The molecule has 0 N–H and O–H groups in total. The van der Waals surface area contributed by atoms with Gasteiger partial charge in [0.15, 0.2) is 0 Å². The van der Waals surface area contributed by atoms with Crippen LogP contribution in [-0.4, -0.2) is 50.8 Å². The van der Waals surface area contributed by atoms with Gasteiger partial charge in [-0.15, -0.1) is 12.4 Å². The molecule has 0 aromatic heterocycles. The lowest BCUT2D eigenvalue weighted by molar-refractivity contribution is 0.203. The fourth-order valence-corrected chi connectivity index (χ4v) is 6.17. The summed E-state index contributed by atoms with van der Waals surface area (Å²) >= 11 is 0. The molecule has 4 rings (SSSR count). The topological polar surface area (TPSA) is 40.6 Å². The monoisotopic (exact) mass is 512 g/mol. The molecule has 0 amide bonds. The molecule has 1 heterocycles. The standard InChI is InChI=1S/C29H36N2O2S.ClH/c1-24-13-15-26(16-14-24)28(23-30(2)34(32,33)29-11-7-4-8-12-29)19-22-31-20-17-27(18-21-31)25-9-5-3-6-10-25;/h3-16,27-28H,17-23H2,1-2H3;1H/t28-;/m0./s1. The van der Waals surface area contributed by atoms with E-state index in [1.807, 2.05) is 6.07 Å². The fourth-order valence-electron chi connectivity index (χ4n) is 4.94. The Morgan fingerprint density at radius 3 is 2.06 bits per heavy atom. The van der Waals surface area contributed by atoms with Crippen molar-refractivity contribution in [3.8, 4) is 0 Å². The highest BCUT2D eigenvalue weighted by atomic mass is 35.5. The van der Waals surface area contributed by atoms with Crippen LogP contribution in [0.2, 0.25) is 0 Å². The van der Waals surface area contributed by atoms with Crippen LogP contribution in [0, 0.1) is 6.92 Å². The largest absolute Gasteiger partial charge is 0.303 e. The number of hydrogen-bond donors (Lipinski definition) is 0. The van der Waals surface area contributed by atoms with E-state index in [0.717, 1.165) is 26.1 Å². The van der Waals surface area contributed by atoms with E-state index >= 15 is 0 Å². The van der Waals surface area contributed by atoms with Gasteiger partial charge in [-0.25, -0.2) is 12.7 Å². The molecule has 4 nitrogen and oxygen atoms in total. The number of hydrogen-bond acceptors (Lipinski definition) is 3. The van der Waals surface area contributed by atoms with Crippen LogP contribution in [0.1, 0.15) is 47.8 Å². The van der Waals surface area contributed by atoms with Gasteiger partial charge in [0.1, 0.15) is 0 Å².